The highest BCUT2D eigenvalue weighted by atomic mass is 35.5. The Hall–Kier alpha value is -3.35. The monoisotopic (exact) mass is 454 g/mol. The van der Waals surface area contributed by atoms with Gasteiger partial charge in [0.25, 0.3) is 11.5 Å². The molecule has 32 heavy (non-hydrogen) atoms. The Labute approximate surface area is 189 Å². The van der Waals surface area contributed by atoms with E-state index in [0.717, 1.165) is 5.69 Å². The van der Waals surface area contributed by atoms with Crippen LogP contribution in [-0.4, -0.2) is 52.4 Å². The smallest absolute Gasteiger partial charge is 0.261 e. The number of nitrogens with zero attached hydrogens (tertiary/aromatic N) is 4. The van der Waals surface area contributed by atoms with Gasteiger partial charge in [-0.25, -0.2) is 0 Å². The number of nitrogens with one attached hydrogen (secondary N) is 2. The van der Waals surface area contributed by atoms with Gasteiger partial charge in [-0.05, 0) is 43.2 Å². The molecule has 3 aromatic rings. The summed E-state index contributed by atoms with van der Waals surface area (Å²) < 4.78 is 7.62. The predicted octanol–water partition coefficient (Wildman–Crippen LogP) is 3.00. The molecule has 166 valence electrons. The van der Waals surface area contributed by atoms with Crippen LogP contribution in [0.2, 0.25) is 5.02 Å². The summed E-state index contributed by atoms with van der Waals surface area (Å²) in [5.74, 6) is 0.260. The molecule has 1 unspecified atom stereocenters. The van der Waals surface area contributed by atoms with Gasteiger partial charge in [-0.2, -0.15) is 10.4 Å². The van der Waals surface area contributed by atoms with Crippen LogP contribution in [0.15, 0.2) is 41.3 Å². The lowest BCUT2D eigenvalue weighted by Gasteiger charge is -2.39. The summed E-state index contributed by atoms with van der Waals surface area (Å²) in [6, 6.07) is 11.0. The molecular formula is C22H23ClN6O3. The molecule has 1 aromatic carbocycles. The lowest BCUT2D eigenvalue weighted by atomic mass is 9.87. The van der Waals surface area contributed by atoms with Gasteiger partial charge >= 0.3 is 0 Å². The van der Waals surface area contributed by atoms with Crippen molar-refractivity contribution in [3.63, 3.8) is 0 Å². The number of likely N-dealkylation sites (N-methyl/N-ethyl adjacent to an activating group) is 1. The second-order valence-electron chi connectivity index (χ2n) is 8.09. The Balaban J connectivity index is 1.76. The van der Waals surface area contributed by atoms with Crippen LogP contribution in [0.1, 0.15) is 19.3 Å². The minimum absolute atomic E-state index is 0.109. The third-order valence-electron chi connectivity index (χ3n) is 5.71. The molecule has 2 atom stereocenters. The SMILES string of the molecule is CN(C)C(=O)C1CC[C@@](CC#N)(n2nc(Nc3ccc(Cl)cc3)c3c(=O)[nH]ccc32)CO1. The third kappa shape index (κ3) is 3.95. The van der Waals surface area contributed by atoms with Crippen LogP contribution < -0.4 is 10.9 Å². The lowest BCUT2D eigenvalue weighted by Crippen LogP contribution is -2.48. The Morgan fingerprint density at radius 1 is 1.41 bits per heavy atom. The van der Waals surface area contributed by atoms with Crippen molar-refractivity contribution in [3.8, 4) is 6.07 Å². The number of hydrogen-bond acceptors (Lipinski definition) is 6. The number of H-pyrrole nitrogens is 1. The van der Waals surface area contributed by atoms with Gasteiger partial charge in [0.15, 0.2) is 5.82 Å². The van der Waals surface area contributed by atoms with Gasteiger partial charge in [0, 0.05) is 31.0 Å². The number of aromatic amines is 1. The van der Waals surface area contributed by atoms with E-state index < -0.39 is 11.6 Å². The van der Waals surface area contributed by atoms with Gasteiger partial charge < -0.3 is 19.9 Å². The zero-order valence-corrected chi connectivity index (χ0v) is 18.5. The molecule has 0 radical (unpaired) electrons. The molecule has 9 nitrogen and oxygen atoms in total. The van der Waals surface area contributed by atoms with Gasteiger partial charge in [0.2, 0.25) is 0 Å². The molecule has 1 aliphatic heterocycles. The van der Waals surface area contributed by atoms with Gasteiger partial charge in [-0.15, -0.1) is 0 Å². The van der Waals surface area contributed by atoms with E-state index in [1.54, 1.807) is 55.3 Å². The zero-order valence-electron chi connectivity index (χ0n) is 17.8. The van der Waals surface area contributed by atoms with E-state index in [1.807, 2.05) is 0 Å². The number of nitriles is 1. The maximum absolute atomic E-state index is 12.7. The molecule has 2 aromatic heterocycles. The number of anilines is 2. The molecule has 0 bridgehead atoms. The largest absolute Gasteiger partial charge is 0.366 e. The fraction of sp³-hybridized carbons (Fsp3) is 0.364. The highest BCUT2D eigenvalue weighted by molar-refractivity contribution is 6.30. The molecule has 1 fully saturated rings. The topological polar surface area (TPSA) is 116 Å². The van der Waals surface area contributed by atoms with Crippen molar-refractivity contribution in [3.05, 3.63) is 51.9 Å². The van der Waals surface area contributed by atoms with E-state index in [-0.39, 0.29) is 24.5 Å². The maximum atomic E-state index is 12.7. The molecule has 1 amide bonds. The van der Waals surface area contributed by atoms with Crippen LogP contribution >= 0.6 is 11.6 Å². The molecule has 0 aliphatic carbocycles. The summed E-state index contributed by atoms with van der Waals surface area (Å²) >= 11 is 5.97. The number of rotatable bonds is 5. The average Bonchev–Trinajstić information content (AvgIpc) is 3.16. The number of pyridine rings is 1. The molecular weight excluding hydrogens is 432 g/mol. The van der Waals surface area contributed by atoms with Gasteiger partial charge in [-0.3, -0.25) is 14.3 Å². The molecule has 2 N–H and O–H groups in total. The zero-order chi connectivity index (χ0) is 22.9. The molecule has 1 saturated heterocycles. The van der Waals surface area contributed by atoms with Crippen molar-refractivity contribution in [2.45, 2.75) is 30.9 Å². The summed E-state index contributed by atoms with van der Waals surface area (Å²) in [7, 11) is 3.37. The van der Waals surface area contributed by atoms with Crippen molar-refractivity contribution < 1.29 is 9.53 Å². The first-order valence-corrected chi connectivity index (χ1v) is 10.6. The molecule has 1 aliphatic rings. The first kappa shape index (κ1) is 21.9. The Morgan fingerprint density at radius 3 is 2.78 bits per heavy atom. The van der Waals surface area contributed by atoms with E-state index in [9.17, 15) is 14.9 Å². The van der Waals surface area contributed by atoms with E-state index in [2.05, 4.69) is 16.4 Å². The number of carbonyl (C=O) groups is 1. The normalized spacial score (nSPS) is 20.6. The number of aromatic nitrogens is 3. The predicted molar refractivity (Wildman–Crippen MR) is 121 cm³/mol. The summed E-state index contributed by atoms with van der Waals surface area (Å²) in [5.41, 5.74) is 0.204. The lowest BCUT2D eigenvalue weighted by molar-refractivity contribution is -0.149. The van der Waals surface area contributed by atoms with Crippen molar-refractivity contribution >= 4 is 39.9 Å². The summed E-state index contributed by atoms with van der Waals surface area (Å²) in [4.78, 5) is 29.2. The first-order chi connectivity index (χ1) is 15.3. The van der Waals surface area contributed by atoms with Gasteiger partial charge in [0.05, 0.1) is 30.2 Å². The van der Waals surface area contributed by atoms with Crippen molar-refractivity contribution in [2.75, 3.05) is 26.0 Å². The standard InChI is InChI=1S/C22H23ClN6O3/c1-28(2)21(31)17-7-9-22(10-11-24,13-32-17)29-16-8-12-25-20(30)18(16)19(27-29)26-15-5-3-14(23)4-6-15/h3-6,8,12,17H,7,9-10,13H2,1-2H3,(H,25,30)(H,26,27)/t17?,22-/m0/s1. The number of benzene rings is 1. The molecule has 3 heterocycles. The molecule has 0 spiro atoms. The van der Waals surface area contributed by atoms with E-state index >= 15 is 0 Å². The third-order valence-corrected chi connectivity index (χ3v) is 5.96. The van der Waals surface area contributed by atoms with Crippen LogP contribution in [0.4, 0.5) is 11.5 Å². The highest BCUT2D eigenvalue weighted by Gasteiger charge is 2.42. The number of halogens is 1. The highest BCUT2D eigenvalue weighted by Crippen LogP contribution is 2.37. The summed E-state index contributed by atoms with van der Waals surface area (Å²) in [6.07, 6.45) is 2.07. The van der Waals surface area contributed by atoms with Crippen LogP contribution in [0.3, 0.4) is 0 Å². The number of carbonyl (C=O) groups excluding carboxylic acids is 1. The number of fused-ring (bicyclic) bond motifs is 1. The molecule has 4 rings (SSSR count). The van der Waals surface area contributed by atoms with E-state index in [4.69, 9.17) is 21.4 Å². The quantitative estimate of drug-likeness (QED) is 0.612. The number of hydrogen-bond donors (Lipinski definition) is 2. The minimum atomic E-state index is -0.802. The fourth-order valence-electron chi connectivity index (χ4n) is 4.02. The van der Waals surface area contributed by atoms with Gasteiger partial charge in [0.1, 0.15) is 11.5 Å². The first-order valence-electron chi connectivity index (χ1n) is 10.2. The number of ether oxygens (including phenoxy) is 1. The molecule has 0 saturated carbocycles. The minimum Gasteiger partial charge on any atom is -0.366 e. The Bertz CT molecular complexity index is 1230. The van der Waals surface area contributed by atoms with Crippen LogP contribution in [0.25, 0.3) is 10.9 Å². The summed E-state index contributed by atoms with van der Waals surface area (Å²) in [6.45, 7) is 0.134. The Morgan fingerprint density at radius 2 is 2.16 bits per heavy atom. The fourth-order valence-corrected chi connectivity index (χ4v) is 4.14. The van der Waals surface area contributed by atoms with Crippen LogP contribution in [-0.2, 0) is 15.1 Å². The Kier molecular flexibility index (Phi) is 5.91. The molecule has 10 heteroatoms. The van der Waals surface area contributed by atoms with Crippen LogP contribution in [0, 0.1) is 11.3 Å². The van der Waals surface area contributed by atoms with E-state index in [0.29, 0.717) is 34.6 Å². The average molecular weight is 455 g/mol. The van der Waals surface area contributed by atoms with Crippen molar-refractivity contribution in [2.24, 2.45) is 0 Å². The number of amides is 1. The van der Waals surface area contributed by atoms with Gasteiger partial charge in [-0.1, -0.05) is 11.6 Å². The van der Waals surface area contributed by atoms with Crippen molar-refractivity contribution in [1.82, 2.24) is 19.7 Å². The maximum Gasteiger partial charge on any atom is 0.261 e. The van der Waals surface area contributed by atoms with E-state index in [1.165, 1.54) is 4.90 Å². The second-order valence-corrected chi connectivity index (χ2v) is 8.53. The van der Waals surface area contributed by atoms with Crippen LogP contribution in [0.5, 0.6) is 0 Å². The summed E-state index contributed by atoms with van der Waals surface area (Å²) in [5, 5.41) is 18.5. The van der Waals surface area contributed by atoms with Crippen molar-refractivity contribution in [1.29, 1.82) is 5.26 Å². The second kappa shape index (κ2) is 8.65.